The average molecular weight is 290 g/mol. The number of hydrogen-bond acceptors (Lipinski definition) is 6. The second-order valence-corrected chi connectivity index (χ2v) is 5.51. The van der Waals surface area contributed by atoms with Crippen molar-refractivity contribution in [3.63, 3.8) is 0 Å². The predicted molar refractivity (Wildman–Crippen MR) is 78.9 cm³/mol. The summed E-state index contributed by atoms with van der Waals surface area (Å²) in [5.74, 6) is 2.09. The molecule has 0 saturated heterocycles. The van der Waals surface area contributed by atoms with E-state index in [0.29, 0.717) is 23.5 Å². The van der Waals surface area contributed by atoms with Gasteiger partial charge in [-0.2, -0.15) is 4.98 Å². The van der Waals surface area contributed by atoms with E-state index in [1.807, 2.05) is 26.0 Å². The minimum atomic E-state index is 0.223. The SMILES string of the molecule is CC(C)NCc1ccc(OCc2noc(C(C)C)n2)cn1. The van der Waals surface area contributed by atoms with E-state index in [4.69, 9.17) is 9.26 Å². The third kappa shape index (κ3) is 4.82. The highest BCUT2D eigenvalue weighted by Crippen LogP contribution is 2.14. The molecule has 0 spiro atoms. The normalized spacial score (nSPS) is 11.3. The molecule has 0 aliphatic heterocycles. The third-order valence-corrected chi connectivity index (χ3v) is 2.83. The molecule has 0 bridgehead atoms. The van der Waals surface area contributed by atoms with E-state index in [1.165, 1.54) is 0 Å². The zero-order valence-electron chi connectivity index (χ0n) is 13.0. The first-order chi connectivity index (χ1) is 10.0. The maximum Gasteiger partial charge on any atom is 0.229 e. The molecule has 0 atom stereocenters. The summed E-state index contributed by atoms with van der Waals surface area (Å²) in [5.41, 5.74) is 0.984. The Morgan fingerprint density at radius 3 is 2.62 bits per heavy atom. The summed E-state index contributed by atoms with van der Waals surface area (Å²) in [5, 5.41) is 7.19. The molecule has 2 heterocycles. The minimum absolute atomic E-state index is 0.223. The van der Waals surface area contributed by atoms with Crippen LogP contribution in [0.15, 0.2) is 22.9 Å². The first kappa shape index (κ1) is 15.4. The highest BCUT2D eigenvalue weighted by molar-refractivity contribution is 5.20. The van der Waals surface area contributed by atoms with E-state index >= 15 is 0 Å². The fourth-order valence-corrected chi connectivity index (χ4v) is 1.62. The van der Waals surface area contributed by atoms with Crippen LogP contribution in [0.1, 0.15) is 51.0 Å². The van der Waals surface area contributed by atoms with Gasteiger partial charge < -0.3 is 14.6 Å². The number of hydrogen-bond donors (Lipinski definition) is 1. The van der Waals surface area contributed by atoms with Gasteiger partial charge in [-0.1, -0.05) is 32.9 Å². The van der Waals surface area contributed by atoms with Crippen molar-refractivity contribution >= 4 is 0 Å². The summed E-state index contributed by atoms with van der Waals surface area (Å²) in [4.78, 5) is 8.60. The van der Waals surface area contributed by atoms with Crippen LogP contribution in [-0.2, 0) is 13.2 Å². The molecule has 0 amide bonds. The lowest BCUT2D eigenvalue weighted by atomic mass is 10.2. The van der Waals surface area contributed by atoms with Gasteiger partial charge in [0.2, 0.25) is 11.7 Å². The Bertz CT molecular complexity index is 549. The van der Waals surface area contributed by atoms with Gasteiger partial charge in [0.25, 0.3) is 0 Å². The Labute approximate surface area is 124 Å². The molecule has 0 aliphatic carbocycles. The molecule has 2 rings (SSSR count). The van der Waals surface area contributed by atoms with Crippen LogP contribution in [0.25, 0.3) is 0 Å². The van der Waals surface area contributed by atoms with Crippen molar-refractivity contribution < 1.29 is 9.26 Å². The van der Waals surface area contributed by atoms with Crippen molar-refractivity contribution in [1.82, 2.24) is 20.4 Å². The van der Waals surface area contributed by atoms with E-state index in [2.05, 4.69) is 34.3 Å². The van der Waals surface area contributed by atoms with Crippen LogP contribution in [0.3, 0.4) is 0 Å². The Hall–Kier alpha value is -1.95. The zero-order chi connectivity index (χ0) is 15.2. The summed E-state index contributed by atoms with van der Waals surface area (Å²) >= 11 is 0. The van der Waals surface area contributed by atoms with Gasteiger partial charge in [-0.05, 0) is 12.1 Å². The number of pyridine rings is 1. The number of nitrogens with zero attached hydrogens (tertiary/aromatic N) is 3. The highest BCUT2D eigenvalue weighted by Gasteiger charge is 2.10. The molecule has 2 aromatic rings. The van der Waals surface area contributed by atoms with Crippen molar-refractivity contribution in [1.29, 1.82) is 0 Å². The van der Waals surface area contributed by atoms with Crippen LogP contribution in [0, 0.1) is 0 Å². The molecule has 0 aromatic carbocycles. The predicted octanol–water partition coefficient (Wildman–Crippen LogP) is 2.67. The van der Waals surface area contributed by atoms with Gasteiger partial charge in [-0.25, -0.2) is 0 Å². The average Bonchev–Trinajstić information content (AvgIpc) is 2.93. The molecular weight excluding hydrogens is 268 g/mol. The van der Waals surface area contributed by atoms with Crippen LogP contribution >= 0.6 is 0 Å². The molecule has 1 N–H and O–H groups in total. The first-order valence-electron chi connectivity index (χ1n) is 7.18. The largest absolute Gasteiger partial charge is 0.484 e. The smallest absolute Gasteiger partial charge is 0.229 e. The number of rotatable bonds is 7. The van der Waals surface area contributed by atoms with Gasteiger partial charge in [0.05, 0.1) is 11.9 Å². The van der Waals surface area contributed by atoms with Crippen molar-refractivity contribution in [3.8, 4) is 5.75 Å². The number of aromatic nitrogens is 3. The van der Waals surface area contributed by atoms with Crippen LogP contribution in [0.5, 0.6) is 5.75 Å². The zero-order valence-corrected chi connectivity index (χ0v) is 13.0. The van der Waals surface area contributed by atoms with Crippen molar-refractivity contribution in [2.75, 3.05) is 0 Å². The molecule has 6 heteroatoms. The van der Waals surface area contributed by atoms with Gasteiger partial charge in [-0.15, -0.1) is 0 Å². The number of nitrogens with one attached hydrogen (secondary N) is 1. The van der Waals surface area contributed by atoms with Gasteiger partial charge in [0.1, 0.15) is 5.75 Å². The standard InChI is InChI=1S/C15H22N4O2/c1-10(2)15-18-14(19-21-15)9-20-13-6-5-12(17-8-13)7-16-11(3)4/h5-6,8,10-11,16H,7,9H2,1-4H3. The third-order valence-electron chi connectivity index (χ3n) is 2.83. The van der Waals surface area contributed by atoms with Crippen molar-refractivity contribution in [3.05, 3.63) is 35.7 Å². The van der Waals surface area contributed by atoms with E-state index < -0.39 is 0 Å². The summed E-state index contributed by atoms with van der Waals surface area (Å²) in [7, 11) is 0. The van der Waals surface area contributed by atoms with Gasteiger partial charge >= 0.3 is 0 Å². The monoisotopic (exact) mass is 290 g/mol. The lowest BCUT2D eigenvalue weighted by Gasteiger charge is -2.08. The summed E-state index contributed by atoms with van der Waals surface area (Å²) in [6.07, 6.45) is 1.71. The van der Waals surface area contributed by atoms with Crippen LogP contribution in [0.2, 0.25) is 0 Å². The molecular formula is C15H22N4O2. The molecule has 114 valence electrons. The lowest BCUT2D eigenvalue weighted by Crippen LogP contribution is -2.22. The summed E-state index contributed by atoms with van der Waals surface area (Å²) in [6, 6.07) is 4.28. The maximum atomic E-state index is 5.60. The fraction of sp³-hybridized carbons (Fsp3) is 0.533. The second-order valence-electron chi connectivity index (χ2n) is 5.51. The Kier molecular flexibility index (Phi) is 5.27. The van der Waals surface area contributed by atoms with E-state index in [1.54, 1.807) is 6.20 Å². The van der Waals surface area contributed by atoms with Gasteiger partial charge in [-0.3, -0.25) is 4.98 Å². The van der Waals surface area contributed by atoms with Crippen LogP contribution in [-0.4, -0.2) is 21.2 Å². The summed E-state index contributed by atoms with van der Waals surface area (Å²) < 4.78 is 10.7. The molecule has 21 heavy (non-hydrogen) atoms. The minimum Gasteiger partial charge on any atom is -0.484 e. The van der Waals surface area contributed by atoms with Crippen molar-refractivity contribution in [2.24, 2.45) is 0 Å². The quantitative estimate of drug-likeness (QED) is 0.845. The van der Waals surface area contributed by atoms with Crippen LogP contribution in [0.4, 0.5) is 0 Å². The van der Waals surface area contributed by atoms with E-state index in [9.17, 15) is 0 Å². The number of ether oxygens (including phenoxy) is 1. The molecule has 6 nitrogen and oxygen atoms in total. The highest BCUT2D eigenvalue weighted by atomic mass is 16.5. The van der Waals surface area contributed by atoms with Gasteiger partial charge in [0.15, 0.2) is 6.61 Å². The Morgan fingerprint density at radius 2 is 2.05 bits per heavy atom. The Balaban J connectivity index is 1.85. The van der Waals surface area contributed by atoms with E-state index in [-0.39, 0.29) is 12.5 Å². The molecule has 0 aliphatic rings. The molecule has 0 radical (unpaired) electrons. The molecule has 0 fully saturated rings. The topological polar surface area (TPSA) is 73.1 Å². The second kappa shape index (κ2) is 7.17. The van der Waals surface area contributed by atoms with Crippen molar-refractivity contribution in [2.45, 2.75) is 52.8 Å². The maximum absolute atomic E-state index is 5.60. The van der Waals surface area contributed by atoms with E-state index in [0.717, 1.165) is 12.2 Å². The Morgan fingerprint density at radius 1 is 1.24 bits per heavy atom. The molecule has 0 unspecified atom stereocenters. The summed E-state index contributed by atoms with van der Waals surface area (Å²) in [6.45, 7) is 9.25. The lowest BCUT2D eigenvalue weighted by molar-refractivity contribution is 0.283. The van der Waals surface area contributed by atoms with Crippen LogP contribution < -0.4 is 10.1 Å². The first-order valence-corrected chi connectivity index (χ1v) is 7.18. The fourth-order valence-electron chi connectivity index (χ4n) is 1.62. The molecule has 0 saturated carbocycles. The van der Waals surface area contributed by atoms with Gasteiger partial charge in [0, 0.05) is 18.5 Å². The molecule has 2 aromatic heterocycles.